The summed E-state index contributed by atoms with van der Waals surface area (Å²) in [5.74, 6) is -0.431. The highest BCUT2D eigenvalue weighted by atomic mass is 35.5. The number of pyridine rings is 1. The molecule has 0 bridgehead atoms. The lowest BCUT2D eigenvalue weighted by Gasteiger charge is -2.38. The molecule has 3 aromatic rings. The zero-order valence-corrected chi connectivity index (χ0v) is 34.3. The maximum atomic E-state index is 14.1. The van der Waals surface area contributed by atoms with Crippen LogP contribution in [-0.2, 0) is 38.1 Å². The Hall–Kier alpha value is -5.25. The van der Waals surface area contributed by atoms with Gasteiger partial charge in [-0.05, 0) is 67.1 Å². The summed E-state index contributed by atoms with van der Waals surface area (Å²) in [5, 5.41) is 2.82. The number of ether oxygens (including phenoxy) is 2. The standard InChI is InChI=1S/C42H53ClF3N7O6/c1-3-4-5-8-23-58-40(56)31-11-12-37(49-27-31)50-19-21-51(22-20-50)39(55)36(26-29-24-33(42(44,45)46)38(47)34(43)25-29)59-41(57)52-17-14-32(15-18-52)53(28-54)16-13-30-9-6-7-10-35(30)48-2/h6-7,9-12,24-25,27-28,32,36,48H,3-5,8,13-23,26,47H2,1-2H3/t36-/m1/s1. The van der Waals surface area contributed by atoms with Crippen molar-refractivity contribution >= 4 is 53.2 Å². The minimum Gasteiger partial charge on any atom is -0.462 e. The van der Waals surface area contributed by atoms with E-state index in [1.165, 1.54) is 22.1 Å². The number of piperidine rings is 1. The summed E-state index contributed by atoms with van der Waals surface area (Å²) in [7, 11) is 1.84. The largest absolute Gasteiger partial charge is 0.462 e. The van der Waals surface area contributed by atoms with E-state index in [0.29, 0.717) is 56.9 Å². The molecule has 1 atom stereocenters. The highest BCUT2D eigenvalue weighted by molar-refractivity contribution is 6.33. The van der Waals surface area contributed by atoms with E-state index in [2.05, 4.69) is 17.2 Å². The number of hydrogen-bond acceptors (Lipinski definition) is 10. The number of unbranched alkanes of at least 4 members (excludes halogenated alkanes) is 3. The molecule has 0 spiro atoms. The van der Waals surface area contributed by atoms with Crippen molar-refractivity contribution in [3.05, 3.63) is 82.0 Å². The van der Waals surface area contributed by atoms with Crippen LogP contribution in [0.5, 0.6) is 0 Å². The van der Waals surface area contributed by atoms with Crippen molar-refractivity contribution in [2.24, 2.45) is 0 Å². The fourth-order valence-corrected chi connectivity index (χ4v) is 7.62. The van der Waals surface area contributed by atoms with Crippen LogP contribution in [-0.4, -0.2) is 116 Å². The fraction of sp³-hybridized carbons (Fsp3) is 0.500. The smallest absolute Gasteiger partial charge is 0.418 e. The third kappa shape index (κ3) is 12.1. The Morgan fingerprint density at radius 2 is 1.75 bits per heavy atom. The number of aromatic nitrogens is 1. The molecule has 320 valence electrons. The van der Waals surface area contributed by atoms with Crippen molar-refractivity contribution in [2.45, 2.75) is 76.6 Å². The Bertz CT molecular complexity index is 1890. The number of amides is 3. The van der Waals surface area contributed by atoms with Gasteiger partial charge in [-0.2, -0.15) is 13.2 Å². The number of nitrogens with one attached hydrogen (secondary N) is 1. The van der Waals surface area contributed by atoms with Crippen LogP contribution in [0.3, 0.4) is 0 Å². The lowest BCUT2D eigenvalue weighted by molar-refractivity contribution is -0.141. The molecule has 3 heterocycles. The molecule has 2 fully saturated rings. The molecule has 2 aliphatic rings. The van der Waals surface area contributed by atoms with Gasteiger partial charge in [0.2, 0.25) is 6.41 Å². The molecule has 17 heteroatoms. The van der Waals surface area contributed by atoms with Crippen LogP contribution in [0.25, 0.3) is 0 Å². The lowest BCUT2D eigenvalue weighted by Crippen LogP contribution is -2.53. The van der Waals surface area contributed by atoms with E-state index in [4.69, 9.17) is 26.8 Å². The van der Waals surface area contributed by atoms with Gasteiger partial charge in [0.1, 0.15) is 5.82 Å². The molecule has 59 heavy (non-hydrogen) atoms. The molecule has 0 unspecified atom stereocenters. The summed E-state index contributed by atoms with van der Waals surface area (Å²) in [6.45, 7) is 4.55. The van der Waals surface area contributed by atoms with Crippen LogP contribution in [0.15, 0.2) is 54.7 Å². The molecule has 0 saturated carbocycles. The Morgan fingerprint density at radius 3 is 2.39 bits per heavy atom. The number of carbonyl (C=O) groups excluding carboxylic acids is 4. The monoisotopic (exact) mass is 843 g/mol. The predicted molar refractivity (Wildman–Crippen MR) is 219 cm³/mol. The van der Waals surface area contributed by atoms with E-state index in [0.717, 1.165) is 49.4 Å². The Balaban J connectivity index is 1.22. The number of benzene rings is 2. The molecule has 3 amide bonds. The first-order valence-corrected chi connectivity index (χ1v) is 20.4. The van der Waals surface area contributed by atoms with Crippen molar-refractivity contribution in [2.75, 3.05) is 75.4 Å². The summed E-state index contributed by atoms with van der Waals surface area (Å²) in [6.07, 6.45) is 0.345. The Morgan fingerprint density at radius 1 is 1.02 bits per heavy atom. The molecule has 0 aliphatic carbocycles. The average molecular weight is 844 g/mol. The third-order valence-electron chi connectivity index (χ3n) is 10.8. The van der Waals surface area contributed by atoms with Crippen LogP contribution < -0.4 is 16.0 Å². The summed E-state index contributed by atoms with van der Waals surface area (Å²) in [4.78, 5) is 63.4. The number of halogens is 4. The molecule has 5 rings (SSSR count). The predicted octanol–water partition coefficient (Wildman–Crippen LogP) is 6.68. The second-order valence-electron chi connectivity index (χ2n) is 14.7. The maximum absolute atomic E-state index is 14.1. The van der Waals surface area contributed by atoms with Gasteiger partial charge in [-0.1, -0.05) is 56.0 Å². The number of nitrogen functional groups attached to an aromatic ring is 1. The molecule has 0 radical (unpaired) electrons. The number of likely N-dealkylation sites (tertiary alicyclic amines) is 1. The van der Waals surface area contributed by atoms with Crippen LogP contribution in [0.2, 0.25) is 5.02 Å². The van der Waals surface area contributed by atoms with Gasteiger partial charge in [0.05, 0.1) is 28.4 Å². The van der Waals surface area contributed by atoms with Crippen molar-refractivity contribution in [1.82, 2.24) is 19.7 Å². The summed E-state index contributed by atoms with van der Waals surface area (Å²) in [5.41, 5.74) is 6.27. The fourth-order valence-electron chi connectivity index (χ4n) is 7.38. The zero-order chi connectivity index (χ0) is 42.5. The highest BCUT2D eigenvalue weighted by Crippen LogP contribution is 2.38. The molecular weight excluding hydrogens is 791 g/mol. The normalized spacial score (nSPS) is 15.4. The minimum atomic E-state index is -4.81. The van der Waals surface area contributed by atoms with Gasteiger partial charge in [-0.3, -0.25) is 9.59 Å². The van der Waals surface area contributed by atoms with Crippen LogP contribution in [0, 0.1) is 0 Å². The number of alkyl halides is 3. The maximum Gasteiger partial charge on any atom is 0.418 e. The first kappa shape index (κ1) is 44.8. The van der Waals surface area contributed by atoms with Crippen LogP contribution in [0.4, 0.5) is 35.2 Å². The van der Waals surface area contributed by atoms with Crippen LogP contribution in [0.1, 0.15) is 72.5 Å². The van der Waals surface area contributed by atoms with Gasteiger partial charge < -0.3 is 40.1 Å². The molecule has 2 aromatic carbocycles. The highest BCUT2D eigenvalue weighted by Gasteiger charge is 2.37. The molecular formula is C42H53ClF3N7O6. The number of hydrogen-bond donors (Lipinski definition) is 2. The number of nitrogens with zero attached hydrogens (tertiary/aromatic N) is 5. The first-order valence-electron chi connectivity index (χ1n) is 20.1. The van der Waals surface area contributed by atoms with E-state index in [-0.39, 0.29) is 49.2 Å². The van der Waals surface area contributed by atoms with Crippen molar-refractivity contribution in [1.29, 1.82) is 0 Å². The topological polar surface area (TPSA) is 151 Å². The molecule has 3 N–H and O–H groups in total. The van der Waals surface area contributed by atoms with E-state index in [1.807, 2.05) is 36.2 Å². The summed E-state index contributed by atoms with van der Waals surface area (Å²) < 4.78 is 52.9. The number of esters is 1. The number of piperazine rings is 1. The number of carbonyl (C=O) groups is 4. The number of anilines is 3. The van der Waals surface area contributed by atoms with E-state index in [1.54, 1.807) is 17.0 Å². The summed E-state index contributed by atoms with van der Waals surface area (Å²) >= 11 is 6.12. The van der Waals surface area contributed by atoms with Gasteiger partial charge in [0, 0.05) is 77.2 Å². The van der Waals surface area contributed by atoms with E-state index < -0.39 is 41.5 Å². The third-order valence-corrected chi connectivity index (χ3v) is 11.1. The van der Waals surface area contributed by atoms with E-state index in [9.17, 15) is 32.3 Å². The zero-order valence-electron chi connectivity index (χ0n) is 33.5. The SMILES string of the molecule is CCCCCCOC(=O)c1ccc(N2CCN(C(=O)[C@@H](Cc3cc(Cl)c(N)c(C(F)(F)F)c3)OC(=O)N3CCC(N(C=O)CCc4ccccc4NC)CC3)CC2)nc1. The van der Waals surface area contributed by atoms with Gasteiger partial charge in [0.25, 0.3) is 5.91 Å². The number of para-hydroxylation sites is 1. The molecule has 13 nitrogen and oxygen atoms in total. The van der Waals surface area contributed by atoms with Crippen molar-refractivity contribution < 1.29 is 41.8 Å². The molecule has 2 aliphatic heterocycles. The number of nitrogens with two attached hydrogens (primary N) is 1. The van der Waals surface area contributed by atoms with Gasteiger partial charge in [0.15, 0.2) is 6.10 Å². The Kier molecular flexibility index (Phi) is 16.1. The lowest BCUT2D eigenvalue weighted by atomic mass is 10.0. The van der Waals surface area contributed by atoms with Gasteiger partial charge in [-0.25, -0.2) is 14.6 Å². The van der Waals surface area contributed by atoms with Crippen LogP contribution >= 0.6 is 11.6 Å². The molecule has 2 saturated heterocycles. The summed E-state index contributed by atoms with van der Waals surface area (Å²) in [6, 6.07) is 13.1. The van der Waals surface area contributed by atoms with Gasteiger partial charge >= 0.3 is 18.2 Å². The van der Waals surface area contributed by atoms with E-state index >= 15 is 0 Å². The number of rotatable bonds is 17. The second kappa shape index (κ2) is 21.1. The average Bonchev–Trinajstić information content (AvgIpc) is 3.24. The van der Waals surface area contributed by atoms with Gasteiger partial charge in [-0.15, -0.1) is 0 Å². The Labute approximate surface area is 347 Å². The quantitative estimate of drug-likeness (QED) is 0.0653. The van der Waals surface area contributed by atoms with Crippen molar-refractivity contribution in [3.63, 3.8) is 0 Å². The first-order chi connectivity index (χ1) is 28.3. The minimum absolute atomic E-state index is 0.0188. The van der Waals surface area contributed by atoms with Crippen molar-refractivity contribution in [3.8, 4) is 0 Å². The molecule has 1 aromatic heterocycles. The second-order valence-corrected chi connectivity index (χ2v) is 15.2.